The fourth-order valence-electron chi connectivity index (χ4n) is 3.32. The Hall–Kier alpha value is -3.53. The summed E-state index contributed by atoms with van der Waals surface area (Å²) in [5, 5.41) is 0. The number of hydrogen-bond acceptors (Lipinski definition) is 8. The zero-order valence-electron chi connectivity index (χ0n) is 19.2. The molecular formula is C24H27F2N7O. The lowest BCUT2D eigenvalue weighted by Gasteiger charge is -2.27. The van der Waals surface area contributed by atoms with E-state index in [0.29, 0.717) is 60.8 Å². The normalized spacial score (nSPS) is 16.3. The third-order valence-corrected chi connectivity index (χ3v) is 5.45. The van der Waals surface area contributed by atoms with E-state index >= 15 is 0 Å². The van der Waals surface area contributed by atoms with Gasteiger partial charge in [-0.2, -0.15) is 4.98 Å². The molecule has 0 bridgehead atoms. The Labute approximate surface area is 196 Å². The Morgan fingerprint density at radius 3 is 2.47 bits per heavy atom. The van der Waals surface area contributed by atoms with E-state index in [4.69, 9.17) is 10.5 Å². The second kappa shape index (κ2) is 10.6. The van der Waals surface area contributed by atoms with Crippen LogP contribution in [0.25, 0.3) is 22.4 Å². The highest BCUT2D eigenvalue weighted by Gasteiger charge is 2.21. The molecule has 0 radical (unpaired) electrons. The minimum absolute atomic E-state index is 0.172. The summed E-state index contributed by atoms with van der Waals surface area (Å²) in [5.41, 5.74) is 7.79. The number of halogens is 2. The first kappa shape index (κ1) is 23.6. The molecule has 2 fully saturated rings. The van der Waals surface area contributed by atoms with E-state index in [2.05, 4.69) is 24.9 Å². The van der Waals surface area contributed by atoms with Crippen molar-refractivity contribution in [1.29, 1.82) is 0 Å². The molecule has 2 N–H and O–H groups in total. The molecule has 2 aliphatic rings. The Morgan fingerprint density at radius 1 is 1.06 bits per heavy atom. The molecule has 2 aromatic heterocycles. The summed E-state index contributed by atoms with van der Waals surface area (Å²) in [6.07, 6.45) is 7.52. The quantitative estimate of drug-likeness (QED) is 0.586. The maximum Gasteiger partial charge on any atom is 0.228 e. The molecule has 1 aliphatic carbocycles. The van der Waals surface area contributed by atoms with Gasteiger partial charge in [0.25, 0.3) is 0 Å². The van der Waals surface area contributed by atoms with E-state index in [1.165, 1.54) is 31.2 Å². The molecule has 3 aromatic rings. The van der Waals surface area contributed by atoms with Crippen molar-refractivity contribution in [3.05, 3.63) is 53.5 Å². The van der Waals surface area contributed by atoms with Crippen LogP contribution >= 0.6 is 0 Å². The van der Waals surface area contributed by atoms with Gasteiger partial charge in [0.1, 0.15) is 22.8 Å². The number of aryl methyl sites for hydroxylation is 2. The Morgan fingerprint density at radius 2 is 1.79 bits per heavy atom. The number of aromatic nitrogens is 4. The van der Waals surface area contributed by atoms with Gasteiger partial charge in [-0.3, -0.25) is 4.99 Å². The van der Waals surface area contributed by atoms with Crippen LogP contribution in [0.1, 0.15) is 24.2 Å². The monoisotopic (exact) mass is 467 g/mol. The van der Waals surface area contributed by atoms with Gasteiger partial charge < -0.3 is 15.4 Å². The highest BCUT2D eigenvalue weighted by atomic mass is 19.1. The second-order valence-corrected chi connectivity index (χ2v) is 8.08. The van der Waals surface area contributed by atoms with Crippen molar-refractivity contribution in [2.75, 3.05) is 31.2 Å². The van der Waals surface area contributed by atoms with Crippen molar-refractivity contribution in [1.82, 2.24) is 19.9 Å². The Bertz CT molecular complexity index is 1220. The van der Waals surface area contributed by atoms with Crippen LogP contribution in [0.3, 0.4) is 0 Å². The van der Waals surface area contributed by atoms with Crippen LogP contribution in [0.2, 0.25) is 0 Å². The van der Waals surface area contributed by atoms with Crippen LogP contribution in [0.4, 0.5) is 14.7 Å². The lowest BCUT2D eigenvalue weighted by atomic mass is 10.1. The number of nitrogens with zero attached hydrogens (tertiary/aromatic N) is 6. The number of aliphatic imine (C=N–C) groups is 1. The summed E-state index contributed by atoms with van der Waals surface area (Å²) >= 11 is 0. The topological polar surface area (TPSA) is 102 Å². The minimum atomic E-state index is -0.696. The van der Waals surface area contributed by atoms with Crippen molar-refractivity contribution < 1.29 is 13.5 Å². The molecule has 5 rings (SSSR count). The molecule has 0 spiro atoms. The van der Waals surface area contributed by atoms with Gasteiger partial charge in [-0.05, 0) is 51.1 Å². The summed E-state index contributed by atoms with van der Waals surface area (Å²) in [7, 11) is 0. The van der Waals surface area contributed by atoms with Gasteiger partial charge in [0.15, 0.2) is 5.65 Å². The summed E-state index contributed by atoms with van der Waals surface area (Å²) in [4.78, 5) is 24.2. The van der Waals surface area contributed by atoms with Crippen molar-refractivity contribution in [2.45, 2.75) is 32.7 Å². The number of morpholine rings is 1. The lowest BCUT2D eigenvalue weighted by Crippen LogP contribution is -2.37. The van der Waals surface area contributed by atoms with E-state index in [9.17, 15) is 8.78 Å². The van der Waals surface area contributed by atoms with E-state index in [0.717, 1.165) is 11.8 Å². The van der Waals surface area contributed by atoms with Crippen molar-refractivity contribution in [3.8, 4) is 11.3 Å². The molecule has 1 aliphatic heterocycles. The van der Waals surface area contributed by atoms with E-state index < -0.39 is 11.6 Å². The highest BCUT2D eigenvalue weighted by Crippen LogP contribution is 2.29. The van der Waals surface area contributed by atoms with Crippen molar-refractivity contribution >= 4 is 23.3 Å². The summed E-state index contributed by atoms with van der Waals surface area (Å²) in [5.74, 6) is -0.897. The standard InChI is InChI=1S/C18H17F2N5O.C6H10N2/c1-10-11(2)22-17-16(21-10)15(13-4-3-12(19)9-14(13)20)23-18(24-17)25-5-7-26-8-6-25;7-4-1-5-8-6-2-3-6/h3-4,9H,5-8H2,1-2H3;1,4-6H,2-3,7H2/b;4-1-,8-5?. The lowest BCUT2D eigenvalue weighted by molar-refractivity contribution is 0.122. The van der Waals surface area contributed by atoms with Crippen LogP contribution in [-0.4, -0.2) is 58.5 Å². The molecule has 10 heteroatoms. The van der Waals surface area contributed by atoms with Crippen LogP contribution in [-0.2, 0) is 4.74 Å². The van der Waals surface area contributed by atoms with E-state index in [1.54, 1.807) is 12.3 Å². The first-order valence-corrected chi connectivity index (χ1v) is 11.2. The van der Waals surface area contributed by atoms with Gasteiger partial charge in [0.2, 0.25) is 5.95 Å². The fourth-order valence-corrected chi connectivity index (χ4v) is 3.32. The molecular weight excluding hydrogens is 440 g/mol. The Kier molecular flexibility index (Phi) is 7.36. The van der Waals surface area contributed by atoms with Gasteiger partial charge in [-0.25, -0.2) is 23.7 Å². The van der Waals surface area contributed by atoms with Gasteiger partial charge in [-0.15, -0.1) is 0 Å². The predicted octanol–water partition coefficient (Wildman–Crippen LogP) is 3.51. The molecule has 0 unspecified atom stereocenters. The number of ether oxygens (including phenoxy) is 1. The van der Waals surface area contributed by atoms with Crippen molar-refractivity contribution in [3.63, 3.8) is 0 Å². The zero-order valence-corrected chi connectivity index (χ0v) is 19.2. The smallest absolute Gasteiger partial charge is 0.228 e. The number of nitrogens with two attached hydrogens (primary N) is 1. The summed E-state index contributed by atoms with van der Waals surface area (Å²) in [6.45, 7) is 6.07. The molecule has 8 nitrogen and oxygen atoms in total. The van der Waals surface area contributed by atoms with Crippen molar-refractivity contribution in [2.24, 2.45) is 10.7 Å². The SMILES string of the molecule is Cc1nc2nc(N3CCOCC3)nc(-c3ccc(F)cc3F)c2nc1C.N/C=C\C=NC1CC1. The van der Waals surface area contributed by atoms with Crippen LogP contribution in [0.5, 0.6) is 0 Å². The molecule has 0 atom stereocenters. The van der Waals surface area contributed by atoms with E-state index in [-0.39, 0.29) is 5.56 Å². The third-order valence-electron chi connectivity index (χ3n) is 5.45. The summed E-state index contributed by atoms with van der Waals surface area (Å²) in [6, 6.07) is 4.03. The second-order valence-electron chi connectivity index (χ2n) is 8.08. The fraction of sp³-hybridized carbons (Fsp3) is 0.375. The van der Waals surface area contributed by atoms with Crippen LogP contribution in [0, 0.1) is 25.5 Å². The third kappa shape index (κ3) is 5.69. The molecule has 1 aromatic carbocycles. The van der Waals surface area contributed by atoms with Gasteiger partial charge >= 0.3 is 0 Å². The molecule has 1 saturated heterocycles. The van der Waals surface area contributed by atoms with Crippen LogP contribution < -0.4 is 10.6 Å². The molecule has 1 saturated carbocycles. The largest absolute Gasteiger partial charge is 0.405 e. The minimum Gasteiger partial charge on any atom is -0.405 e. The number of benzene rings is 1. The predicted molar refractivity (Wildman–Crippen MR) is 128 cm³/mol. The molecule has 0 amide bonds. The number of hydrogen-bond donors (Lipinski definition) is 1. The maximum absolute atomic E-state index is 14.4. The average molecular weight is 468 g/mol. The van der Waals surface area contributed by atoms with Crippen LogP contribution in [0.15, 0.2) is 35.5 Å². The van der Waals surface area contributed by atoms with E-state index in [1.807, 2.05) is 18.7 Å². The molecule has 34 heavy (non-hydrogen) atoms. The molecule has 3 heterocycles. The zero-order chi connectivity index (χ0) is 24.1. The van der Waals surface area contributed by atoms with Gasteiger partial charge in [0, 0.05) is 30.9 Å². The highest BCUT2D eigenvalue weighted by molar-refractivity contribution is 5.88. The summed E-state index contributed by atoms with van der Waals surface area (Å²) < 4.78 is 33.1. The molecule has 178 valence electrons. The van der Waals surface area contributed by atoms with Gasteiger partial charge in [0.05, 0.1) is 30.6 Å². The number of fused-ring (bicyclic) bond motifs is 1. The Balaban J connectivity index is 0.000000291. The first-order valence-electron chi connectivity index (χ1n) is 11.2. The number of allylic oxidation sites excluding steroid dienone is 1. The first-order chi connectivity index (χ1) is 16.5. The number of rotatable bonds is 4. The average Bonchev–Trinajstić information content (AvgIpc) is 3.65. The maximum atomic E-state index is 14.4. The number of anilines is 1. The van der Waals surface area contributed by atoms with Gasteiger partial charge in [-0.1, -0.05) is 0 Å².